The third-order valence-electron chi connectivity index (χ3n) is 2.61. The second-order valence-corrected chi connectivity index (χ2v) is 3.94. The molecule has 0 fully saturated rings. The Kier molecular flexibility index (Phi) is 4.28. The van der Waals surface area contributed by atoms with Crippen LogP contribution in [0.1, 0.15) is 26.2 Å². The molecule has 0 unspecified atom stereocenters. The second-order valence-electron chi connectivity index (χ2n) is 3.94. The number of unbranched alkanes of at least 4 members (excludes halogenated alkanes) is 2. The minimum Gasteiger partial charge on any atom is -0.397 e. The molecule has 0 saturated heterocycles. The van der Waals surface area contributed by atoms with Crippen molar-refractivity contribution in [2.45, 2.75) is 26.2 Å². The molecule has 84 valence electrons. The van der Waals surface area contributed by atoms with Crippen LogP contribution in [0.5, 0.6) is 0 Å². The highest BCUT2D eigenvalue weighted by atomic mass is 15.1. The van der Waals surface area contributed by atoms with Gasteiger partial charge in [0.15, 0.2) is 0 Å². The summed E-state index contributed by atoms with van der Waals surface area (Å²) in [4.78, 5) is 2.21. The highest BCUT2D eigenvalue weighted by Crippen LogP contribution is 2.22. The van der Waals surface area contributed by atoms with Gasteiger partial charge in [0.05, 0.1) is 11.4 Å². The van der Waals surface area contributed by atoms with Gasteiger partial charge in [0.1, 0.15) is 0 Å². The summed E-state index contributed by atoms with van der Waals surface area (Å²) in [5.41, 5.74) is 13.9. The Morgan fingerprint density at radius 2 is 1.87 bits per heavy atom. The van der Waals surface area contributed by atoms with Crippen LogP contribution in [0.3, 0.4) is 0 Å². The summed E-state index contributed by atoms with van der Waals surface area (Å²) in [6, 6.07) is 5.81. The first-order valence-electron chi connectivity index (χ1n) is 5.51. The van der Waals surface area contributed by atoms with Crippen molar-refractivity contribution in [3.63, 3.8) is 0 Å². The number of hydrogen-bond donors (Lipinski definition) is 2. The van der Waals surface area contributed by atoms with E-state index in [1.54, 1.807) is 0 Å². The van der Waals surface area contributed by atoms with Crippen molar-refractivity contribution in [1.29, 1.82) is 0 Å². The maximum Gasteiger partial charge on any atom is 0.0568 e. The fourth-order valence-corrected chi connectivity index (χ4v) is 1.53. The van der Waals surface area contributed by atoms with E-state index in [2.05, 4.69) is 18.9 Å². The molecule has 0 aliphatic rings. The van der Waals surface area contributed by atoms with E-state index in [0.717, 1.165) is 12.2 Å². The molecule has 0 bridgehead atoms. The topological polar surface area (TPSA) is 55.3 Å². The van der Waals surface area contributed by atoms with E-state index < -0.39 is 0 Å². The Morgan fingerprint density at radius 1 is 1.13 bits per heavy atom. The van der Waals surface area contributed by atoms with Gasteiger partial charge in [0.2, 0.25) is 0 Å². The maximum absolute atomic E-state index is 5.76. The lowest BCUT2D eigenvalue weighted by molar-refractivity contribution is 0.705. The number of nitrogen functional groups attached to an aromatic ring is 2. The lowest BCUT2D eigenvalue weighted by Crippen LogP contribution is -2.18. The van der Waals surface area contributed by atoms with Gasteiger partial charge >= 0.3 is 0 Å². The van der Waals surface area contributed by atoms with Crippen LogP contribution < -0.4 is 16.4 Å². The predicted molar refractivity (Wildman–Crippen MR) is 68.1 cm³/mol. The molecular formula is C12H21N3. The molecule has 1 rings (SSSR count). The maximum atomic E-state index is 5.76. The first-order chi connectivity index (χ1) is 7.15. The molecular weight excluding hydrogens is 186 g/mol. The van der Waals surface area contributed by atoms with Gasteiger partial charge in [-0.05, 0) is 24.6 Å². The molecule has 4 N–H and O–H groups in total. The summed E-state index contributed by atoms with van der Waals surface area (Å²) in [7, 11) is 2.08. The molecule has 1 aromatic carbocycles. The van der Waals surface area contributed by atoms with E-state index in [1.165, 1.54) is 19.3 Å². The highest BCUT2D eigenvalue weighted by Gasteiger charge is 2.02. The number of hydrogen-bond acceptors (Lipinski definition) is 3. The van der Waals surface area contributed by atoms with E-state index in [4.69, 9.17) is 11.5 Å². The lowest BCUT2D eigenvalue weighted by Gasteiger charge is -2.19. The summed E-state index contributed by atoms with van der Waals surface area (Å²) in [5, 5.41) is 0. The Balaban J connectivity index is 2.57. The monoisotopic (exact) mass is 207 g/mol. The first-order valence-corrected chi connectivity index (χ1v) is 5.51. The van der Waals surface area contributed by atoms with Gasteiger partial charge in [0.25, 0.3) is 0 Å². The SMILES string of the molecule is CCCCCN(C)c1ccc(N)c(N)c1. The first kappa shape index (κ1) is 11.7. The van der Waals surface area contributed by atoms with Gasteiger partial charge in [-0.15, -0.1) is 0 Å². The third-order valence-corrected chi connectivity index (χ3v) is 2.61. The second kappa shape index (κ2) is 5.49. The molecule has 3 heteroatoms. The molecule has 0 radical (unpaired) electrons. The standard InChI is InChI=1S/C12H21N3/c1-3-4-5-8-15(2)10-6-7-11(13)12(14)9-10/h6-7,9H,3-5,8,13-14H2,1-2H3. The van der Waals surface area contributed by atoms with E-state index in [-0.39, 0.29) is 0 Å². The summed E-state index contributed by atoms with van der Waals surface area (Å²) in [5.74, 6) is 0. The number of anilines is 3. The number of benzene rings is 1. The van der Waals surface area contributed by atoms with Crippen LogP contribution in [-0.2, 0) is 0 Å². The molecule has 0 atom stereocenters. The van der Waals surface area contributed by atoms with Gasteiger partial charge in [-0.25, -0.2) is 0 Å². The van der Waals surface area contributed by atoms with Crippen LogP contribution in [0.2, 0.25) is 0 Å². The summed E-state index contributed by atoms with van der Waals surface area (Å²) in [6.07, 6.45) is 3.74. The number of nitrogens with two attached hydrogens (primary N) is 2. The Bertz CT molecular complexity index is 310. The fraction of sp³-hybridized carbons (Fsp3) is 0.500. The van der Waals surface area contributed by atoms with E-state index in [1.807, 2.05) is 18.2 Å². The van der Waals surface area contributed by atoms with Crippen molar-refractivity contribution in [1.82, 2.24) is 0 Å². The minimum atomic E-state index is 0.653. The third kappa shape index (κ3) is 3.35. The molecule has 0 saturated carbocycles. The van der Waals surface area contributed by atoms with Crippen LogP contribution in [-0.4, -0.2) is 13.6 Å². The Labute approximate surface area is 92.1 Å². The van der Waals surface area contributed by atoms with Gasteiger partial charge < -0.3 is 16.4 Å². The molecule has 15 heavy (non-hydrogen) atoms. The van der Waals surface area contributed by atoms with Crippen molar-refractivity contribution in [2.75, 3.05) is 30.0 Å². The molecule has 0 aliphatic carbocycles. The normalized spacial score (nSPS) is 10.3. The zero-order valence-corrected chi connectivity index (χ0v) is 9.66. The average Bonchev–Trinajstić information content (AvgIpc) is 2.22. The molecule has 0 amide bonds. The van der Waals surface area contributed by atoms with Crippen molar-refractivity contribution in [3.05, 3.63) is 18.2 Å². The molecule has 0 spiro atoms. The zero-order valence-electron chi connectivity index (χ0n) is 9.66. The van der Waals surface area contributed by atoms with E-state index in [9.17, 15) is 0 Å². The van der Waals surface area contributed by atoms with Crippen molar-refractivity contribution in [3.8, 4) is 0 Å². The fourth-order valence-electron chi connectivity index (χ4n) is 1.53. The number of rotatable bonds is 5. The quantitative estimate of drug-likeness (QED) is 0.576. The van der Waals surface area contributed by atoms with Gasteiger partial charge in [-0.3, -0.25) is 0 Å². The van der Waals surface area contributed by atoms with Crippen molar-refractivity contribution >= 4 is 17.1 Å². The van der Waals surface area contributed by atoms with Crippen LogP contribution in [0.15, 0.2) is 18.2 Å². The predicted octanol–water partition coefficient (Wildman–Crippen LogP) is 2.48. The molecule has 0 aromatic heterocycles. The summed E-state index contributed by atoms with van der Waals surface area (Å²) < 4.78 is 0. The van der Waals surface area contributed by atoms with E-state index >= 15 is 0 Å². The molecule has 0 heterocycles. The largest absolute Gasteiger partial charge is 0.397 e. The Morgan fingerprint density at radius 3 is 2.47 bits per heavy atom. The van der Waals surface area contributed by atoms with Crippen molar-refractivity contribution in [2.24, 2.45) is 0 Å². The van der Waals surface area contributed by atoms with Crippen LogP contribution in [0, 0.1) is 0 Å². The lowest BCUT2D eigenvalue weighted by atomic mass is 10.2. The number of nitrogens with zero attached hydrogens (tertiary/aromatic N) is 1. The highest BCUT2D eigenvalue weighted by molar-refractivity contribution is 5.69. The summed E-state index contributed by atoms with van der Waals surface area (Å²) in [6.45, 7) is 3.28. The Hall–Kier alpha value is -1.38. The summed E-state index contributed by atoms with van der Waals surface area (Å²) >= 11 is 0. The van der Waals surface area contributed by atoms with Crippen molar-refractivity contribution < 1.29 is 0 Å². The molecule has 1 aromatic rings. The van der Waals surface area contributed by atoms with Crippen LogP contribution in [0.4, 0.5) is 17.1 Å². The zero-order chi connectivity index (χ0) is 11.3. The average molecular weight is 207 g/mol. The smallest absolute Gasteiger partial charge is 0.0568 e. The van der Waals surface area contributed by atoms with Gasteiger partial charge in [0, 0.05) is 19.3 Å². The van der Waals surface area contributed by atoms with Gasteiger partial charge in [-0.1, -0.05) is 19.8 Å². The van der Waals surface area contributed by atoms with E-state index in [0.29, 0.717) is 11.4 Å². The molecule has 0 aliphatic heterocycles. The van der Waals surface area contributed by atoms with Crippen LogP contribution in [0.25, 0.3) is 0 Å². The van der Waals surface area contributed by atoms with Gasteiger partial charge in [-0.2, -0.15) is 0 Å². The van der Waals surface area contributed by atoms with Crippen LogP contribution >= 0.6 is 0 Å². The molecule has 3 nitrogen and oxygen atoms in total. The minimum absolute atomic E-state index is 0.653.